The molecule has 0 saturated heterocycles. The van der Waals surface area contributed by atoms with Crippen molar-refractivity contribution in [2.24, 2.45) is 5.14 Å². The average Bonchev–Trinajstić information content (AvgIpc) is 3.73. The largest absolute Gasteiger partial charge is 0.490 e. The Hall–Kier alpha value is -3.70. The van der Waals surface area contributed by atoms with Crippen LogP contribution in [0.15, 0.2) is 71.8 Å². The standard InChI is InChI=1S/C35H42N4O5S/c1-34(2,38-21-26(40)22-44-30-10-6-9-29-31(30)35(33(41)39-29)17-3-4-18-35)19-25-20-37-32-24(7-5-8-28(25)32)14-11-23-12-15-27(16-13-23)45(36,42)43/h5-10,12-13,15-16,20,26,37-38,40H,3-4,11,14,17-19,21-22H2,1-2H3,(H,39,41)(H2,36,42,43). The molecule has 4 aromatic rings. The molecule has 10 heteroatoms. The van der Waals surface area contributed by atoms with Crippen LogP contribution in [0.3, 0.4) is 0 Å². The number of hydrogen-bond acceptors (Lipinski definition) is 6. The van der Waals surface area contributed by atoms with E-state index in [4.69, 9.17) is 9.88 Å². The highest BCUT2D eigenvalue weighted by Gasteiger charge is 2.50. The van der Waals surface area contributed by atoms with Gasteiger partial charge < -0.3 is 25.5 Å². The zero-order chi connectivity index (χ0) is 31.8. The van der Waals surface area contributed by atoms with E-state index >= 15 is 0 Å². The van der Waals surface area contributed by atoms with Gasteiger partial charge in [0.1, 0.15) is 18.5 Å². The number of carbonyl (C=O) groups is 1. The summed E-state index contributed by atoms with van der Waals surface area (Å²) in [5.41, 5.74) is 5.50. The lowest BCUT2D eigenvalue weighted by Crippen LogP contribution is -2.46. The molecule has 2 heterocycles. The van der Waals surface area contributed by atoms with E-state index in [0.29, 0.717) is 12.3 Å². The maximum Gasteiger partial charge on any atom is 0.238 e. The lowest BCUT2D eigenvalue weighted by atomic mass is 9.79. The number of H-pyrrole nitrogens is 1. The maximum absolute atomic E-state index is 12.9. The Kier molecular flexibility index (Phi) is 8.51. The van der Waals surface area contributed by atoms with Gasteiger partial charge in [0, 0.05) is 40.4 Å². The normalized spacial score (nSPS) is 16.7. The number of aromatic amines is 1. The molecule has 45 heavy (non-hydrogen) atoms. The zero-order valence-corrected chi connectivity index (χ0v) is 26.7. The molecule has 1 aliphatic heterocycles. The smallest absolute Gasteiger partial charge is 0.238 e. The summed E-state index contributed by atoms with van der Waals surface area (Å²) in [7, 11) is -3.70. The van der Waals surface area contributed by atoms with E-state index in [1.165, 1.54) is 11.1 Å². The number of ether oxygens (including phenoxy) is 1. The van der Waals surface area contributed by atoms with Gasteiger partial charge in [0.25, 0.3) is 0 Å². The lowest BCUT2D eigenvalue weighted by molar-refractivity contribution is -0.120. The number of carbonyl (C=O) groups excluding carboxylic acids is 1. The number of aryl methyl sites for hydroxylation is 2. The van der Waals surface area contributed by atoms with Crippen LogP contribution in [0.2, 0.25) is 0 Å². The second-order valence-electron chi connectivity index (χ2n) is 13.2. The first-order valence-electron chi connectivity index (χ1n) is 15.7. The van der Waals surface area contributed by atoms with E-state index in [9.17, 15) is 18.3 Å². The van der Waals surface area contributed by atoms with Crippen LogP contribution >= 0.6 is 0 Å². The molecule has 6 N–H and O–H groups in total. The van der Waals surface area contributed by atoms with E-state index in [0.717, 1.165) is 72.7 Å². The number of nitrogens with two attached hydrogens (primary N) is 1. The van der Waals surface area contributed by atoms with Gasteiger partial charge in [0.05, 0.1) is 10.3 Å². The fourth-order valence-corrected chi connectivity index (χ4v) is 7.51. The molecular formula is C35H42N4O5S. The first-order chi connectivity index (χ1) is 21.5. The van der Waals surface area contributed by atoms with E-state index in [-0.39, 0.29) is 22.9 Å². The van der Waals surface area contributed by atoms with Gasteiger partial charge in [-0.3, -0.25) is 4.79 Å². The third-order valence-electron chi connectivity index (χ3n) is 9.35. The Bertz CT molecular complexity index is 1810. The molecule has 238 valence electrons. The van der Waals surface area contributed by atoms with Crippen LogP contribution in [0.1, 0.15) is 61.8 Å². The van der Waals surface area contributed by atoms with Crippen molar-refractivity contribution in [2.45, 2.75) is 80.7 Å². The number of aliphatic hydroxyl groups excluding tert-OH is 1. The molecule has 1 amide bonds. The molecule has 3 aromatic carbocycles. The van der Waals surface area contributed by atoms with Crippen molar-refractivity contribution < 1.29 is 23.1 Å². The number of para-hydroxylation sites is 1. The second kappa shape index (κ2) is 12.2. The number of primary sulfonamides is 1. The SMILES string of the molecule is CC(C)(Cc1c[nH]c2c(CCc3ccc(S(N)(=O)=O)cc3)cccc12)NCC(O)COc1cccc2c1C1(CCCC1)C(=O)N2. The van der Waals surface area contributed by atoms with Crippen molar-refractivity contribution >= 4 is 32.5 Å². The topological polar surface area (TPSA) is 147 Å². The van der Waals surface area contributed by atoms with Crippen molar-refractivity contribution in [1.82, 2.24) is 10.3 Å². The van der Waals surface area contributed by atoms with Gasteiger partial charge in [-0.25, -0.2) is 13.6 Å². The zero-order valence-electron chi connectivity index (χ0n) is 25.9. The number of β-amino-alcohol motifs (C(OH)–C–C–N with tert-alkyl or cyclic N) is 1. The van der Waals surface area contributed by atoms with Gasteiger partial charge >= 0.3 is 0 Å². The molecule has 1 atom stereocenters. The molecule has 1 aromatic heterocycles. The highest BCUT2D eigenvalue weighted by molar-refractivity contribution is 7.89. The molecule has 1 unspecified atom stereocenters. The molecule has 1 fully saturated rings. The number of anilines is 1. The van der Waals surface area contributed by atoms with Crippen LogP contribution in [0, 0.1) is 0 Å². The molecule has 2 aliphatic rings. The monoisotopic (exact) mass is 630 g/mol. The number of aliphatic hydroxyl groups is 1. The van der Waals surface area contributed by atoms with Gasteiger partial charge in [-0.1, -0.05) is 49.2 Å². The summed E-state index contributed by atoms with van der Waals surface area (Å²) in [6.07, 6.45) is 7.37. The van der Waals surface area contributed by atoms with E-state index in [1.54, 1.807) is 12.1 Å². The number of nitrogens with one attached hydrogen (secondary N) is 3. The number of benzene rings is 3. The minimum Gasteiger partial charge on any atom is -0.490 e. The Labute approximate surface area is 264 Å². The minimum atomic E-state index is -3.70. The summed E-state index contributed by atoms with van der Waals surface area (Å²) >= 11 is 0. The molecule has 1 saturated carbocycles. The van der Waals surface area contributed by atoms with Crippen LogP contribution in [0.5, 0.6) is 5.75 Å². The highest BCUT2D eigenvalue weighted by Crippen LogP contribution is 2.52. The van der Waals surface area contributed by atoms with Crippen LogP contribution in [0.25, 0.3) is 10.9 Å². The number of fused-ring (bicyclic) bond motifs is 3. The second-order valence-corrected chi connectivity index (χ2v) is 14.7. The van der Waals surface area contributed by atoms with Crippen molar-refractivity contribution in [3.63, 3.8) is 0 Å². The van der Waals surface area contributed by atoms with Crippen LogP contribution in [-0.2, 0) is 39.5 Å². The van der Waals surface area contributed by atoms with Gasteiger partial charge in [0.15, 0.2) is 0 Å². The average molecular weight is 631 g/mol. The summed E-state index contributed by atoms with van der Waals surface area (Å²) in [4.78, 5) is 16.5. The number of sulfonamides is 1. The lowest BCUT2D eigenvalue weighted by Gasteiger charge is -2.28. The van der Waals surface area contributed by atoms with E-state index < -0.39 is 21.5 Å². The van der Waals surface area contributed by atoms with Crippen molar-refractivity contribution in [1.29, 1.82) is 0 Å². The summed E-state index contributed by atoms with van der Waals surface area (Å²) in [5.74, 6) is 0.748. The highest BCUT2D eigenvalue weighted by atomic mass is 32.2. The maximum atomic E-state index is 12.9. The molecule has 6 rings (SSSR count). The summed E-state index contributed by atoms with van der Waals surface area (Å²) in [6, 6.07) is 18.7. The summed E-state index contributed by atoms with van der Waals surface area (Å²) < 4.78 is 29.2. The Morgan fingerprint density at radius 2 is 1.76 bits per heavy atom. The van der Waals surface area contributed by atoms with Crippen molar-refractivity contribution in [2.75, 3.05) is 18.5 Å². The van der Waals surface area contributed by atoms with Crippen molar-refractivity contribution in [3.8, 4) is 5.75 Å². The molecule has 0 bridgehead atoms. The van der Waals surface area contributed by atoms with Crippen LogP contribution in [0.4, 0.5) is 5.69 Å². The van der Waals surface area contributed by atoms with Gasteiger partial charge in [-0.2, -0.15) is 0 Å². The Morgan fingerprint density at radius 3 is 2.49 bits per heavy atom. The molecule has 1 aliphatic carbocycles. The van der Waals surface area contributed by atoms with Gasteiger partial charge in [-0.05, 0) is 86.9 Å². The molecule has 0 radical (unpaired) electrons. The Balaban J connectivity index is 1.05. The summed E-state index contributed by atoms with van der Waals surface area (Å²) in [5, 5.41) is 23.8. The Morgan fingerprint density at radius 1 is 1.02 bits per heavy atom. The predicted octanol–water partition coefficient (Wildman–Crippen LogP) is 4.72. The fraction of sp³-hybridized carbons (Fsp3) is 0.400. The molecule has 1 spiro atoms. The van der Waals surface area contributed by atoms with Crippen molar-refractivity contribution in [3.05, 3.63) is 89.1 Å². The first-order valence-corrected chi connectivity index (χ1v) is 17.2. The quantitative estimate of drug-likeness (QED) is 0.153. The van der Waals surface area contributed by atoms with Gasteiger partial charge in [0.2, 0.25) is 15.9 Å². The van der Waals surface area contributed by atoms with E-state index in [1.807, 2.05) is 30.3 Å². The third kappa shape index (κ3) is 6.51. The van der Waals surface area contributed by atoms with E-state index in [2.05, 4.69) is 53.9 Å². The van der Waals surface area contributed by atoms with Crippen LogP contribution < -0.4 is 20.5 Å². The number of hydrogen-bond donors (Lipinski definition) is 5. The fourth-order valence-electron chi connectivity index (χ4n) is 6.99. The minimum absolute atomic E-state index is 0.0663. The molecule has 9 nitrogen and oxygen atoms in total. The predicted molar refractivity (Wildman–Crippen MR) is 176 cm³/mol. The number of aromatic nitrogens is 1. The third-order valence-corrected chi connectivity index (χ3v) is 10.3. The molecular weight excluding hydrogens is 588 g/mol. The van der Waals surface area contributed by atoms with Gasteiger partial charge in [-0.15, -0.1) is 0 Å². The number of amides is 1. The number of rotatable bonds is 12. The van der Waals surface area contributed by atoms with Crippen LogP contribution in [-0.4, -0.2) is 49.2 Å². The first kappa shape index (κ1) is 31.3. The summed E-state index contributed by atoms with van der Waals surface area (Å²) in [6.45, 7) is 4.74.